The number of rotatable bonds is 8. The normalized spacial score (nSPS) is 12.3. The second-order valence-corrected chi connectivity index (χ2v) is 7.74. The topological polar surface area (TPSA) is 84.9 Å². The van der Waals surface area contributed by atoms with Crippen LogP contribution in [0.1, 0.15) is 88.8 Å². The summed E-state index contributed by atoms with van der Waals surface area (Å²) in [7, 11) is 0. The monoisotopic (exact) mass is 433 g/mol. The Bertz CT molecular complexity index is 872. The Morgan fingerprint density at radius 2 is 1.90 bits per heavy atom. The molecule has 0 bridgehead atoms. The molecule has 5 nitrogen and oxygen atoms in total. The fourth-order valence-corrected chi connectivity index (χ4v) is 3.33. The molecule has 166 valence electrons. The summed E-state index contributed by atoms with van der Waals surface area (Å²) in [5.74, 6) is 1.74. The summed E-state index contributed by atoms with van der Waals surface area (Å²) in [5.41, 5.74) is 8.07. The molecule has 6 heteroatoms. The van der Waals surface area contributed by atoms with E-state index in [0.29, 0.717) is 22.5 Å². The number of carbonyl (C=O) groups excluding carboxylic acids is 1. The van der Waals surface area contributed by atoms with Crippen molar-refractivity contribution in [2.24, 2.45) is 5.92 Å². The summed E-state index contributed by atoms with van der Waals surface area (Å²) >= 11 is 5.76. The van der Waals surface area contributed by atoms with Crippen molar-refractivity contribution in [1.82, 2.24) is 10.1 Å². The Morgan fingerprint density at radius 1 is 1.17 bits per heavy atom. The van der Waals surface area contributed by atoms with E-state index in [1.165, 1.54) is 32.1 Å². The van der Waals surface area contributed by atoms with Crippen LogP contribution in [-0.2, 0) is 0 Å². The molecule has 3 aromatic rings. The van der Waals surface area contributed by atoms with Crippen LogP contribution in [-0.4, -0.2) is 16.4 Å². The SMILES string of the molecule is CC.CCCC(CCC(C)CC)c1cc(N)on1.O=Cc1cc2ccc(Cl)cc2[nH]1. The third-order valence-electron chi connectivity index (χ3n) is 5.04. The molecule has 0 radical (unpaired) electrons. The van der Waals surface area contributed by atoms with E-state index in [1.807, 2.05) is 26.0 Å². The summed E-state index contributed by atoms with van der Waals surface area (Å²) in [4.78, 5) is 13.3. The van der Waals surface area contributed by atoms with E-state index >= 15 is 0 Å². The number of fused-ring (bicyclic) bond motifs is 1. The minimum Gasteiger partial charge on any atom is -0.368 e. The number of hydrogen-bond acceptors (Lipinski definition) is 4. The van der Waals surface area contributed by atoms with Crippen molar-refractivity contribution in [1.29, 1.82) is 0 Å². The summed E-state index contributed by atoms with van der Waals surface area (Å²) in [6, 6.07) is 9.13. The maximum Gasteiger partial charge on any atom is 0.222 e. The molecule has 2 heterocycles. The zero-order valence-corrected chi connectivity index (χ0v) is 19.6. The van der Waals surface area contributed by atoms with Crippen molar-refractivity contribution in [2.45, 2.75) is 72.6 Å². The Hall–Kier alpha value is -2.27. The van der Waals surface area contributed by atoms with Crippen LogP contribution >= 0.6 is 11.6 Å². The van der Waals surface area contributed by atoms with Crippen LogP contribution in [0.25, 0.3) is 10.9 Å². The molecular weight excluding hydrogens is 398 g/mol. The van der Waals surface area contributed by atoms with Gasteiger partial charge in [-0.1, -0.05) is 76.7 Å². The molecule has 1 aromatic carbocycles. The first-order valence-corrected chi connectivity index (χ1v) is 11.3. The lowest BCUT2D eigenvalue weighted by atomic mass is 9.90. The van der Waals surface area contributed by atoms with E-state index in [2.05, 4.69) is 30.9 Å². The number of nitrogens with zero attached hydrogens (tertiary/aromatic N) is 1. The van der Waals surface area contributed by atoms with Gasteiger partial charge in [-0.25, -0.2) is 0 Å². The molecule has 3 N–H and O–H groups in total. The molecule has 2 unspecified atom stereocenters. The number of aldehydes is 1. The molecule has 0 aliphatic carbocycles. The maximum absolute atomic E-state index is 10.4. The molecule has 30 heavy (non-hydrogen) atoms. The third-order valence-corrected chi connectivity index (χ3v) is 5.27. The van der Waals surface area contributed by atoms with E-state index in [0.717, 1.165) is 28.8 Å². The Morgan fingerprint density at radius 3 is 2.47 bits per heavy atom. The average Bonchev–Trinajstić information content (AvgIpc) is 3.38. The first-order valence-electron chi connectivity index (χ1n) is 10.9. The zero-order chi connectivity index (χ0) is 22.5. The van der Waals surface area contributed by atoms with Crippen molar-refractivity contribution in [2.75, 3.05) is 5.73 Å². The number of nitrogens with one attached hydrogen (secondary N) is 1. The second-order valence-electron chi connectivity index (χ2n) is 7.30. The number of benzene rings is 1. The van der Waals surface area contributed by atoms with Gasteiger partial charge in [-0.15, -0.1) is 0 Å². The number of halogens is 1. The predicted molar refractivity (Wildman–Crippen MR) is 127 cm³/mol. The molecule has 0 aliphatic rings. The Balaban J connectivity index is 0.000000285. The van der Waals surface area contributed by atoms with Crippen LogP contribution in [0, 0.1) is 5.92 Å². The number of hydrogen-bond donors (Lipinski definition) is 2. The van der Waals surface area contributed by atoms with Gasteiger partial charge in [0.1, 0.15) is 0 Å². The first kappa shape index (κ1) is 25.8. The van der Waals surface area contributed by atoms with Crippen molar-refractivity contribution in [3.8, 4) is 0 Å². The number of nitrogens with two attached hydrogens (primary N) is 1. The van der Waals surface area contributed by atoms with Crippen molar-refractivity contribution < 1.29 is 9.32 Å². The van der Waals surface area contributed by atoms with Gasteiger partial charge in [-0.2, -0.15) is 0 Å². The van der Waals surface area contributed by atoms with Crippen LogP contribution in [0.3, 0.4) is 0 Å². The summed E-state index contributed by atoms with van der Waals surface area (Å²) in [6.07, 6.45) is 6.83. The largest absolute Gasteiger partial charge is 0.368 e. The van der Waals surface area contributed by atoms with Crippen LogP contribution in [0.15, 0.2) is 34.9 Å². The molecule has 0 saturated carbocycles. The van der Waals surface area contributed by atoms with Gasteiger partial charge >= 0.3 is 0 Å². The van der Waals surface area contributed by atoms with Crippen LogP contribution < -0.4 is 5.73 Å². The van der Waals surface area contributed by atoms with Crippen molar-refractivity contribution in [3.05, 3.63) is 46.7 Å². The fourth-order valence-electron chi connectivity index (χ4n) is 3.16. The van der Waals surface area contributed by atoms with E-state index in [-0.39, 0.29) is 0 Å². The molecule has 0 spiro atoms. The molecular formula is C24H36ClN3O2. The number of nitrogen functional groups attached to an aromatic ring is 1. The summed E-state index contributed by atoms with van der Waals surface area (Å²) in [6.45, 7) is 10.8. The fraction of sp³-hybridized carbons (Fsp3) is 0.500. The number of carbonyl (C=O) groups is 1. The minimum absolute atomic E-state index is 0.430. The maximum atomic E-state index is 10.4. The van der Waals surface area contributed by atoms with Crippen molar-refractivity contribution in [3.63, 3.8) is 0 Å². The van der Waals surface area contributed by atoms with E-state index in [1.54, 1.807) is 18.2 Å². The van der Waals surface area contributed by atoms with Gasteiger partial charge in [-0.05, 0) is 37.0 Å². The highest BCUT2D eigenvalue weighted by Crippen LogP contribution is 2.28. The highest BCUT2D eigenvalue weighted by molar-refractivity contribution is 6.31. The number of H-pyrrole nitrogens is 1. The quantitative estimate of drug-likeness (QED) is 0.357. The van der Waals surface area contributed by atoms with Gasteiger partial charge in [0.2, 0.25) is 5.88 Å². The third kappa shape index (κ3) is 8.23. The van der Waals surface area contributed by atoms with Crippen LogP contribution in [0.4, 0.5) is 5.88 Å². The molecule has 0 amide bonds. The number of anilines is 1. The molecule has 0 saturated heterocycles. The lowest BCUT2D eigenvalue weighted by Gasteiger charge is -2.15. The highest BCUT2D eigenvalue weighted by Gasteiger charge is 2.16. The van der Waals surface area contributed by atoms with E-state index in [4.69, 9.17) is 21.9 Å². The smallest absolute Gasteiger partial charge is 0.222 e. The average molecular weight is 434 g/mol. The van der Waals surface area contributed by atoms with Crippen LogP contribution in [0.2, 0.25) is 5.02 Å². The highest BCUT2D eigenvalue weighted by atomic mass is 35.5. The lowest BCUT2D eigenvalue weighted by Crippen LogP contribution is -2.02. The molecule has 2 aromatic heterocycles. The summed E-state index contributed by atoms with van der Waals surface area (Å²) in [5, 5.41) is 5.71. The zero-order valence-electron chi connectivity index (χ0n) is 18.9. The van der Waals surface area contributed by atoms with Gasteiger partial charge < -0.3 is 15.2 Å². The van der Waals surface area contributed by atoms with Crippen LogP contribution in [0.5, 0.6) is 0 Å². The number of aromatic amines is 1. The van der Waals surface area contributed by atoms with Gasteiger partial charge in [0, 0.05) is 27.9 Å². The van der Waals surface area contributed by atoms with E-state index in [9.17, 15) is 4.79 Å². The van der Waals surface area contributed by atoms with Crippen molar-refractivity contribution >= 4 is 34.7 Å². The first-order chi connectivity index (χ1) is 14.5. The van der Waals surface area contributed by atoms with Gasteiger partial charge in [0.15, 0.2) is 6.29 Å². The molecule has 0 aliphatic heterocycles. The Kier molecular flexibility index (Phi) is 11.9. The number of aromatic nitrogens is 2. The predicted octanol–water partition coefficient (Wildman–Crippen LogP) is 7.63. The lowest BCUT2D eigenvalue weighted by molar-refractivity contribution is 0.112. The van der Waals surface area contributed by atoms with E-state index < -0.39 is 0 Å². The van der Waals surface area contributed by atoms with Gasteiger partial charge in [-0.3, -0.25) is 4.79 Å². The standard InChI is InChI=1S/C13H24N2O.C9H6ClNO.C2H6/c1-4-6-11(8-7-10(3)5-2)12-9-13(14)16-15-12;10-7-2-1-6-3-8(5-12)11-9(6)4-7;1-2/h9-11H,4-8,14H2,1-3H3;1-5,11H;1-2H3. The Labute approximate surface area is 185 Å². The molecule has 2 atom stereocenters. The minimum atomic E-state index is 0.430. The summed E-state index contributed by atoms with van der Waals surface area (Å²) < 4.78 is 4.95. The molecule has 3 rings (SSSR count). The second kappa shape index (κ2) is 13.9. The van der Waals surface area contributed by atoms with Gasteiger partial charge in [0.25, 0.3) is 0 Å². The van der Waals surface area contributed by atoms with Gasteiger partial charge in [0.05, 0.1) is 11.4 Å². The molecule has 0 fully saturated rings.